The van der Waals surface area contributed by atoms with Gasteiger partial charge in [0, 0.05) is 16.3 Å². The van der Waals surface area contributed by atoms with Gasteiger partial charge in [0.2, 0.25) is 17.7 Å². The molecule has 0 radical (unpaired) electrons. The Bertz CT molecular complexity index is 991. The number of fused-ring (bicyclic) bond motifs is 2. The fourth-order valence-corrected chi connectivity index (χ4v) is 5.47. The number of carbonyl (C=O) groups is 3. The van der Waals surface area contributed by atoms with Crippen LogP contribution in [-0.2, 0) is 32.1 Å². The molecule has 152 valence electrons. The van der Waals surface area contributed by atoms with Gasteiger partial charge in [-0.15, -0.1) is 11.3 Å². The van der Waals surface area contributed by atoms with Crippen LogP contribution < -0.4 is 5.32 Å². The minimum Gasteiger partial charge on any atom is -0.370 e. The summed E-state index contributed by atoms with van der Waals surface area (Å²) in [5.41, 5.74) is 0.948. The smallest absolute Gasteiger partial charge is 0.245 e. The average molecular weight is 434 g/mol. The second-order valence-corrected chi connectivity index (χ2v) is 9.75. The number of carbonyl (C=O) groups excluding carboxylic acids is 3. The Hall–Kier alpha value is -2.21. The molecule has 0 bridgehead atoms. The molecule has 1 saturated heterocycles. The third kappa shape index (κ3) is 3.59. The van der Waals surface area contributed by atoms with Gasteiger partial charge in [0.1, 0.15) is 17.6 Å². The quantitative estimate of drug-likeness (QED) is 0.739. The lowest BCUT2D eigenvalue weighted by molar-refractivity contribution is -0.142. The Kier molecular flexibility index (Phi) is 5.01. The highest BCUT2D eigenvalue weighted by molar-refractivity contribution is 7.16. The molecular formula is C20H20ClN3O4S. The number of anilines is 1. The van der Waals surface area contributed by atoms with E-state index in [1.165, 1.54) is 11.3 Å². The number of nitriles is 1. The van der Waals surface area contributed by atoms with Crippen LogP contribution in [0.25, 0.3) is 0 Å². The van der Waals surface area contributed by atoms with Gasteiger partial charge in [-0.25, -0.2) is 0 Å². The second kappa shape index (κ2) is 7.24. The molecule has 3 aliphatic rings. The maximum absolute atomic E-state index is 12.6. The largest absolute Gasteiger partial charge is 0.370 e. The molecule has 3 amide bonds. The molecule has 3 heterocycles. The lowest BCUT2D eigenvalue weighted by Gasteiger charge is -2.29. The van der Waals surface area contributed by atoms with E-state index in [2.05, 4.69) is 11.4 Å². The van der Waals surface area contributed by atoms with Crippen LogP contribution in [0.5, 0.6) is 0 Å². The van der Waals surface area contributed by atoms with Gasteiger partial charge in [-0.2, -0.15) is 5.26 Å². The van der Waals surface area contributed by atoms with E-state index in [0.717, 1.165) is 15.3 Å². The lowest BCUT2D eigenvalue weighted by atomic mass is 9.85. The molecule has 7 nitrogen and oxygen atoms in total. The highest BCUT2D eigenvalue weighted by atomic mass is 35.5. The van der Waals surface area contributed by atoms with Gasteiger partial charge in [-0.05, 0) is 32.3 Å². The highest BCUT2D eigenvalue weighted by Crippen LogP contribution is 2.41. The second-order valence-electron chi connectivity index (χ2n) is 8.16. The van der Waals surface area contributed by atoms with Crippen LogP contribution in [-0.4, -0.2) is 34.8 Å². The molecule has 1 fully saturated rings. The average Bonchev–Trinajstić information content (AvgIpc) is 3.10. The molecule has 0 saturated carbocycles. The number of nitrogens with zero attached hydrogens (tertiary/aromatic N) is 2. The first kappa shape index (κ1) is 20.1. The van der Waals surface area contributed by atoms with E-state index in [9.17, 15) is 19.6 Å². The Labute approximate surface area is 177 Å². The molecule has 0 spiro atoms. The maximum Gasteiger partial charge on any atom is 0.245 e. The molecule has 2 aliphatic heterocycles. The number of thiophene rings is 1. The SMILES string of the molecule is CC1(C)Cc2c(sc(NC(=O)CN3C(=O)[C@H]4CC(Cl)=CC[C@H]4C3=O)c2C#N)CO1. The van der Waals surface area contributed by atoms with Crippen molar-refractivity contribution in [2.24, 2.45) is 11.8 Å². The first-order chi connectivity index (χ1) is 13.7. The maximum atomic E-state index is 12.6. The molecule has 1 aromatic rings. The van der Waals surface area contributed by atoms with Crippen LogP contribution in [0.4, 0.5) is 5.00 Å². The van der Waals surface area contributed by atoms with Gasteiger partial charge in [0.15, 0.2) is 0 Å². The number of ether oxygens (including phenoxy) is 1. The van der Waals surface area contributed by atoms with Gasteiger partial charge in [-0.3, -0.25) is 19.3 Å². The summed E-state index contributed by atoms with van der Waals surface area (Å²) in [5, 5.41) is 13.3. The molecular weight excluding hydrogens is 414 g/mol. The van der Waals surface area contributed by atoms with Gasteiger partial charge < -0.3 is 10.1 Å². The fourth-order valence-electron chi connectivity index (χ4n) is 4.12. The Morgan fingerprint density at radius 2 is 2.14 bits per heavy atom. The number of allylic oxidation sites excluding steroid dienone is 2. The minimum atomic E-state index is -0.500. The summed E-state index contributed by atoms with van der Waals surface area (Å²) in [4.78, 5) is 39.7. The number of rotatable bonds is 3. The van der Waals surface area contributed by atoms with Crippen molar-refractivity contribution in [2.45, 2.75) is 45.3 Å². The third-order valence-corrected chi connectivity index (χ3v) is 7.04. The van der Waals surface area contributed by atoms with Crippen LogP contribution in [0.3, 0.4) is 0 Å². The molecule has 4 rings (SSSR count). The van der Waals surface area contributed by atoms with Crippen molar-refractivity contribution in [2.75, 3.05) is 11.9 Å². The van der Waals surface area contributed by atoms with Gasteiger partial charge in [0.05, 0.1) is 29.6 Å². The molecule has 9 heteroatoms. The summed E-state index contributed by atoms with van der Waals surface area (Å²) in [5.74, 6) is -2.13. The Morgan fingerprint density at radius 3 is 2.86 bits per heavy atom. The van der Waals surface area contributed by atoms with Crippen molar-refractivity contribution in [3.8, 4) is 6.07 Å². The van der Waals surface area contributed by atoms with Crippen LogP contribution >= 0.6 is 22.9 Å². The van der Waals surface area contributed by atoms with E-state index in [1.54, 1.807) is 6.08 Å². The molecule has 0 aromatic carbocycles. The summed E-state index contributed by atoms with van der Waals surface area (Å²) in [6, 6.07) is 2.17. The summed E-state index contributed by atoms with van der Waals surface area (Å²) >= 11 is 7.32. The summed E-state index contributed by atoms with van der Waals surface area (Å²) in [6.07, 6.45) is 3.09. The predicted molar refractivity (Wildman–Crippen MR) is 107 cm³/mol. The van der Waals surface area contributed by atoms with Gasteiger partial charge >= 0.3 is 0 Å². The monoisotopic (exact) mass is 433 g/mol. The fraction of sp³-hybridized carbons (Fsp3) is 0.500. The summed E-state index contributed by atoms with van der Waals surface area (Å²) in [7, 11) is 0. The van der Waals surface area contributed by atoms with Crippen molar-refractivity contribution in [1.82, 2.24) is 4.90 Å². The number of imide groups is 1. The number of hydrogen-bond acceptors (Lipinski definition) is 6. The van der Waals surface area contributed by atoms with Crippen LogP contribution in [0.1, 0.15) is 42.7 Å². The number of amides is 3. The van der Waals surface area contributed by atoms with E-state index in [1.807, 2.05) is 13.8 Å². The van der Waals surface area contributed by atoms with Crippen molar-refractivity contribution in [3.63, 3.8) is 0 Å². The first-order valence-corrected chi connectivity index (χ1v) is 10.6. The summed E-state index contributed by atoms with van der Waals surface area (Å²) < 4.78 is 5.78. The van der Waals surface area contributed by atoms with Crippen molar-refractivity contribution in [1.29, 1.82) is 5.26 Å². The zero-order valence-electron chi connectivity index (χ0n) is 16.1. The van der Waals surface area contributed by atoms with Crippen molar-refractivity contribution >= 4 is 45.7 Å². The third-order valence-electron chi connectivity index (χ3n) is 5.61. The zero-order valence-corrected chi connectivity index (χ0v) is 17.7. The summed E-state index contributed by atoms with van der Waals surface area (Å²) in [6.45, 7) is 3.94. The number of nitrogens with one attached hydrogen (secondary N) is 1. The molecule has 2 atom stereocenters. The van der Waals surface area contributed by atoms with Crippen molar-refractivity contribution in [3.05, 3.63) is 27.1 Å². The van der Waals surface area contributed by atoms with E-state index >= 15 is 0 Å². The molecule has 1 aliphatic carbocycles. The topological polar surface area (TPSA) is 99.5 Å². The van der Waals surface area contributed by atoms with E-state index in [4.69, 9.17) is 16.3 Å². The molecule has 0 unspecified atom stereocenters. The number of hydrogen-bond donors (Lipinski definition) is 1. The first-order valence-electron chi connectivity index (χ1n) is 9.38. The predicted octanol–water partition coefficient (Wildman–Crippen LogP) is 2.93. The van der Waals surface area contributed by atoms with Crippen LogP contribution in [0.2, 0.25) is 0 Å². The molecule has 29 heavy (non-hydrogen) atoms. The van der Waals surface area contributed by atoms with E-state index in [0.29, 0.717) is 41.5 Å². The van der Waals surface area contributed by atoms with Gasteiger partial charge in [0.25, 0.3) is 0 Å². The number of likely N-dealkylation sites (tertiary alicyclic amines) is 1. The zero-order chi connectivity index (χ0) is 20.9. The van der Waals surface area contributed by atoms with Gasteiger partial charge in [-0.1, -0.05) is 17.7 Å². The van der Waals surface area contributed by atoms with E-state index < -0.39 is 17.7 Å². The van der Waals surface area contributed by atoms with Crippen molar-refractivity contribution < 1.29 is 19.1 Å². The highest BCUT2D eigenvalue weighted by Gasteiger charge is 2.48. The standard InChI is InChI=1S/C20H20ClN3O4S/c1-20(2)6-13-14(7-22)17(29-15(13)9-28-20)23-16(25)8-24-18(26)11-4-3-10(21)5-12(11)19(24)27/h3,11-12H,4-6,8-9H2,1-2H3,(H,23,25)/t11-,12+/m1/s1. The number of halogens is 1. The normalized spacial score (nSPS) is 25.2. The minimum absolute atomic E-state index is 0.334. The molecule has 1 N–H and O–H groups in total. The Balaban J connectivity index is 1.49. The lowest BCUT2D eigenvalue weighted by Crippen LogP contribution is -2.38. The van der Waals surface area contributed by atoms with E-state index in [-0.39, 0.29) is 24.0 Å². The molecule has 1 aromatic heterocycles. The van der Waals surface area contributed by atoms with Crippen LogP contribution in [0.15, 0.2) is 11.1 Å². The van der Waals surface area contributed by atoms with Crippen LogP contribution in [0, 0.1) is 23.2 Å². The Morgan fingerprint density at radius 1 is 1.41 bits per heavy atom.